The van der Waals surface area contributed by atoms with Crippen LogP contribution in [0.25, 0.3) is 0 Å². The number of rotatable bonds is 1. The van der Waals surface area contributed by atoms with Gasteiger partial charge in [-0.05, 0) is 24.6 Å². The molecular weight excluding hydrogens is 172 g/mol. The lowest BCUT2D eigenvalue weighted by Gasteiger charge is -2.06. The van der Waals surface area contributed by atoms with Gasteiger partial charge in [-0.1, -0.05) is 11.6 Å². The Morgan fingerprint density at radius 1 is 1.50 bits per heavy atom. The summed E-state index contributed by atoms with van der Waals surface area (Å²) in [7, 11) is 1.79. The lowest BCUT2D eigenvalue weighted by atomic mass is 10.1. The molecule has 1 aromatic carbocycles. The molecule has 0 atom stereocenters. The topological polar surface area (TPSA) is 35.8 Å². The third-order valence-electron chi connectivity index (χ3n) is 1.67. The fourth-order valence-electron chi connectivity index (χ4n) is 1.16. The van der Waals surface area contributed by atoms with Gasteiger partial charge in [0.05, 0.1) is 11.3 Å². The van der Waals surface area contributed by atoms with E-state index >= 15 is 0 Å². The standard InChI is InChI=1S/C9H9ClN2/c1-6-3-8(10)4-7(5-11)9(6)12-2/h3-4,12H,1-2H3. The third kappa shape index (κ3) is 1.51. The zero-order valence-corrected chi connectivity index (χ0v) is 7.74. The Morgan fingerprint density at radius 2 is 2.17 bits per heavy atom. The number of halogens is 1. The van der Waals surface area contributed by atoms with Crippen LogP contribution in [0.2, 0.25) is 5.02 Å². The summed E-state index contributed by atoms with van der Waals surface area (Å²) in [4.78, 5) is 0. The van der Waals surface area contributed by atoms with Crippen molar-refractivity contribution in [2.24, 2.45) is 0 Å². The fourth-order valence-corrected chi connectivity index (χ4v) is 1.44. The predicted molar refractivity (Wildman–Crippen MR) is 50.5 cm³/mol. The number of hydrogen-bond acceptors (Lipinski definition) is 2. The molecule has 3 heteroatoms. The van der Waals surface area contributed by atoms with Crippen LogP contribution in [0, 0.1) is 18.3 Å². The molecule has 1 rings (SSSR count). The first-order chi connectivity index (χ1) is 5.69. The molecule has 0 unspecified atom stereocenters. The summed E-state index contributed by atoms with van der Waals surface area (Å²) in [6.45, 7) is 1.92. The predicted octanol–water partition coefficient (Wildman–Crippen LogP) is 2.56. The average molecular weight is 181 g/mol. The average Bonchev–Trinajstić information content (AvgIpc) is 2.03. The van der Waals surface area contributed by atoms with E-state index in [0.717, 1.165) is 11.3 Å². The third-order valence-corrected chi connectivity index (χ3v) is 1.89. The van der Waals surface area contributed by atoms with E-state index in [-0.39, 0.29) is 0 Å². The number of nitrogens with one attached hydrogen (secondary N) is 1. The number of nitriles is 1. The Balaban J connectivity index is 3.36. The van der Waals surface area contributed by atoms with Crippen molar-refractivity contribution < 1.29 is 0 Å². The van der Waals surface area contributed by atoms with Crippen LogP contribution < -0.4 is 5.32 Å². The summed E-state index contributed by atoms with van der Waals surface area (Å²) in [6.07, 6.45) is 0. The zero-order chi connectivity index (χ0) is 9.14. The lowest BCUT2D eigenvalue weighted by Crippen LogP contribution is -1.95. The van der Waals surface area contributed by atoms with Gasteiger partial charge < -0.3 is 5.32 Å². The van der Waals surface area contributed by atoms with Crippen molar-refractivity contribution in [1.29, 1.82) is 5.26 Å². The summed E-state index contributed by atoms with van der Waals surface area (Å²) < 4.78 is 0. The molecule has 0 spiro atoms. The Morgan fingerprint density at radius 3 is 2.67 bits per heavy atom. The van der Waals surface area contributed by atoms with Crippen LogP contribution >= 0.6 is 11.6 Å². The van der Waals surface area contributed by atoms with E-state index in [0.29, 0.717) is 10.6 Å². The van der Waals surface area contributed by atoms with Crippen molar-refractivity contribution in [1.82, 2.24) is 0 Å². The van der Waals surface area contributed by atoms with Crippen molar-refractivity contribution in [3.05, 3.63) is 28.3 Å². The molecule has 0 bridgehead atoms. The maximum atomic E-state index is 8.75. The highest BCUT2D eigenvalue weighted by molar-refractivity contribution is 6.30. The molecule has 62 valence electrons. The van der Waals surface area contributed by atoms with E-state index in [1.165, 1.54) is 0 Å². The number of benzene rings is 1. The van der Waals surface area contributed by atoms with Crippen molar-refractivity contribution in [3.8, 4) is 6.07 Å². The largest absolute Gasteiger partial charge is 0.387 e. The van der Waals surface area contributed by atoms with Gasteiger partial charge in [0.1, 0.15) is 6.07 Å². The van der Waals surface area contributed by atoms with Crippen molar-refractivity contribution in [3.63, 3.8) is 0 Å². The van der Waals surface area contributed by atoms with Gasteiger partial charge in [-0.3, -0.25) is 0 Å². The molecule has 2 nitrogen and oxygen atoms in total. The molecule has 12 heavy (non-hydrogen) atoms. The SMILES string of the molecule is CNc1c(C)cc(Cl)cc1C#N. The van der Waals surface area contributed by atoms with Crippen molar-refractivity contribution in [2.75, 3.05) is 12.4 Å². The summed E-state index contributed by atoms with van der Waals surface area (Å²) in [5.41, 5.74) is 2.42. The molecule has 0 heterocycles. The minimum atomic E-state index is 0.586. The first kappa shape index (κ1) is 8.89. The number of nitrogens with zero attached hydrogens (tertiary/aromatic N) is 1. The van der Waals surface area contributed by atoms with E-state index in [4.69, 9.17) is 16.9 Å². The Bertz CT molecular complexity index is 339. The van der Waals surface area contributed by atoms with E-state index in [2.05, 4.69) is 11.4 Å². The summed E-state index contributed by atoms with van der Waals surface area (Å²) >= 11 is 5.78. The fraction of sp³-hybridized carbons (Fsp3) is 0.222. The van der Waals surface area contributed by atoms with Crippen LogP contribution in [-0.4, -0.2) is 7.05 Å². The van der Waals surface area contributed by atoms with Gasteiger partial charge in [0.25, 0.3) is 0 Å². The van der Waals surface area contributed by atoms with Crippen LogP contribution in [0.5, 0.6) is 0 Å². The highest BCUT2D eigenvalue weighted by Gasteiger charge is 2.04. The van der Waals surface area contributed by atoms with Crippen LogP contribution in [0.15, 0.2) is 12.1 Å². The Hall–Kier alpha value is -1.20. The summed E-state index contributed by atoms with van der Waals surface area (Å²) in [5, 5.41) is 12.3. The molecular formula is C9H9ClN2. The van der Waals surface area contributed by atoms with Gasteiger partial charge in [-0.15, -0.1) is 0 Å². The number of aryl methyl sites for hydroxylation is 1. The summed E-state index contributed by atoms with van der Waals surface area (Å²) in [6, 6.07) is 5.56. The first-order valence-corrected chi connectivity index (χ1v) is 3.95. The van der Waals surface area contributed by atoms with Gasteiger partial charge in [0, 0.05) is 12.1 Å². The molecule has 1 aromatic rings. The highest BCUT2D eigenvalue weighted by atomic mass is 35.5. The van der Waals surface area contributed by atoms with Gasteiger partial charge >= 0.3 is 0 Å². The minimum Gasteiger partial charge on any atom is -0.387 e. The van der Waals surface area contributed by atoms with Gasteiger partial charge in [0.15, 0.2) is 0 Å². The minimum absolute atomic E-state index is 0.586. The van der Waals surface area contributed by atoms with Crippen LogP contribution in [-0.2, 0) is 0 Å². The molecule has 0 fully saturated rings. The molecule has 0 aromatic heterocycles. The second-order valence-corrected chi connectivity index (χ2v) is 2.94. The second-order valence-electron chi connectivity index (χ2n) is 2.51. The summed E-state index contributed by atoms with van der Waals surface area (Å²) in [5.74, 6) is 0. The quantitative estimate of drug-likeness (QED) is 0.721. The van der Waals surface area contributed by atoms with Gasteiger partial charge in [0.2, 0.25) is 0 Å². The smallest absolute Gasteiger partial charge is 0.101 e. The number of anilines is 1. The molecule has 0 aliphatic heterocycles. The maximum absolute atomic E-state index is 8.75. The van der Waals surface area contributed by atoms with Gasteiger partial charge in [-0.25, -0.2) is 0 Å². The number of hydrogen-bond donors (Lipinski definition) is 1. The lowest BCUT2D eigenvalue weighted by molar-refractivity contribution is 1.37. The molecule has 0 saturated carbocycles. The van der Waals surface area contributed by atoms with Gasteiger partial charge in [-0.2, -0.15) is 5.26 Å². The molecule has 1 N–H and O–H groups in total. The van der Waals surface area contributed by atoms with E-state index in [9.17, 15) is 0 Å². The van der Waals surface area contributed by atoms with E-state index < -0.39 is 0 Å². The van der Waals surface area contributed by atoms with E-state index in [1.54, 1.807) is 13.1 Å². The highest BCUT2D eigenvalue weighted by Crippen LogP contribution is 2.24. The first-order valence-electron chi connectivity index (χ1n) is 3.57. The second kappa shape index (κ2) is 3.46. The zero-order valence-electron chi connectivity index (χ0n) is 6.98. The molecule has 0 radical (unpaired) electrons. The Kier molecular flexibility index (Phi) is 2.57. The molecule has 0 saturated heterocycles. The molecule has 0 aliphatic rings. The van der Waals surface area contributed by atoms with Crippen LogP contribution in [0.1, 0.15) is 11.1 Å². The molecule has 0 aliphatic carbocycles. The van der Waals surface area contributed by atoms with Crippen molar-refractivity contribution >= 4 is 17.3 Å². The van der Waals surface area contributed by atoms with Crippen LogP contribution in [0.3, 0.4) is 0 Å². The van der Waals surface area contributed by atoms with Crippen LogP contribution in [0.4, 0.5) is 5.69 Å². The monoisotopic (exact) mass is 180 g/mol. The normalized spacial score (nSPS) is 9.17. The van der Waals surface area contributed by atoms with E-state index in [1.807, 2.05) is 13.0 Å². The Labute approximate surface area is 76.8 Å². The van der Waals surface area contributed by atoms with Crippen molar-refractivity contribution in [2.45, 2.75) is 6.92 Å². The molecule has 0 amide bonds. The maximum Gasteiger partial charge on any atom is 0.101 e.